The molecule has 2 aliphatic heterocycles. The molecule has 9 nitrogen and oxygen atoms in total. The molecule has 5 rings (SSSR count). The molecule has 0 spiro atoms. The number of methoxy groups -OCH3 is 1. The van der Waals surface area contributed by atoms with Crippen molar-refractivity contribution in [3.05, 3.63) is 60.3 Å². The Labute approximate surface area is 197 Å². The second-order valence-electron chi connectivity index (χ2n) is 8.23. The van der Waals surface area contributed by atoms with Crippen LogP contribution in [0, 0.1) is 11.8 Å². The highest BCUT2D eigenvalue weighted by atomic mass is 19.1. The molecule has 0 amide bonds. The van der Waals surface area contributed by atoms with Gasteiger partial charge in [0.2, 0.25) is 11.9 Å². The van der Waals surface area contributed by atoms with E-state index in [-0.39, 0.29) is 6.04 Å². The molecule has 2 aliphatic rings. The van der Waals surface area contributed by atoms with Gasteiger partial charge in [0.1, 0.15) is 12.0 Å². The Morgan fingerprint density at radius 3 is 2.29 bits per heavy atom. The summed E-state index contributed by atoms with van der Waals surface area (Å²) < 4.78 is 18.4. The molecule has 5 heterocycles. The normalized spacial score (nSPS) is 18.3. The molecule has 0 N–H and O–H groups in total. The molecule has 0 aromatic carbocycles. The maximum atomic E-state index is 13.0. The van der Waals surface area contributed by atoms with Crippen molar-refractivity contribution in [1.29, 1.82) is 0 Å². The third kappa shape index (κ3) is 4.89. The molecule has 0 aliphatic carbocycles. The van der Waals surface area contributed by atoms with Crippen molar-refractivity contribution in [2.75, 3.05) is 61.1 Å². The van der Waals surface area contributed by atoms with Gasteiger partial charge in [0, 0.05) is 63.3 Å². The van der Waals surface area contributed by atoms with E-state index in [0.717, 1.165) is 30.0 Å². The standard InChI is InChI=1S/C24H25FN8O/c1-34-17-21-16-31(9-10-33(21)24-26-7-2-8-27-24)23-29-12-19(13-30-23)4-3-18-5-6-22(28-11-18)32-14-20(25)15-32/h2,5-8,11-13,20-21H,9-10,14-17H2,1H3/t21-/m1/s1. The van der Waals surface area contributed by atoms with Crippen LogP contribution < -0.4 is 14.7 Å². The number of nitrogens with zero attached hydrogens (tertiary/aromatic N) is 8. The van der Waals surface area contributed by atoms with Gasteiger partial charge in [-0.1, -0.05) is 11.8 Å². The summed E-state index contributed by atoms with van der Waals surface area (Å²) in [6, 6.07) is 5.66. The monoisotopic (exact) mass is 460 g/mol. The van der Waals surface area contributed by atoms with E-state index in [4.69, 9.17) is 4.74 Å². The summed E-state index contributed by atoms with van der Waals surface area (Å²) in [6.45, 7) is 3.57. The Morgan fingerprint density at radius 2 is 1.62 bits per heavy atom. The zero-order chi connectivity index (χ0) is 23.3. The fraction of sp³-hybridized carbons (Fsp3) is 0.375. The molecule has 2 saturated heterocycles. The molecule has 0 unspecified atom stereocenters. The number of rotatable bonds is 5. The van der Waals surface area contributed by atoms with Crippen LogP contribution in [0.15, 0.2) is 49.2 Å². The van der Waals surface area contributed by atoms with Crippen LogP contribution in [0.25, 0.3) is 0 Å². The van der Waals surface area contributed by atoms with Gasteiger partial charge in [-0.25, -0.2) is 29.3 Å². The van der Waals surface area contributed by atoms with E-state index >= 15 is 0 Å². The van der Waals surface area contributed by atoms with Crippen LogP contribution in [-0.4, -0.2) is 83.6 Å². The van der Waals surface area contributed by atoms with Crippen LogP contribution in [0.1, 0.15) is 11.1 Å². The van der Waals surface area contributed by atoms with Crippen LogP contribution in [0.2, 0.25) is 0 Å². The van der Waals surface area contributed by atoms with Gasteiger partial charge in [0.15, 0.2) is 0 Å². The Kier molecular flexibility index (Phi) is 6.44. The summed E-state index contributed by atoms with van der Waals surface area (Å²) in [5.41, 5.74) is 1.51. The lowest BCUT2D eigenvalue weighted by Gasteiger charge is -2.41. The van der Waals surface area contributed by atoms with Crippen molar-refractivity contribution in [2.24, 2.45) is 0 Å². The van der Waals surface area contributed by atoms with Crippen LogP contribution in [0.5, 0.6) is 0 Å². The lowest BCUT2D eigenvalue weighted by atomic mass is 10.2. The molecule has 0 saturated carbocycles. The number of ether oxygens (including phenoxy) is 1. The topological polar surface area (TPSA) is 83.4 Å². The van der Waals surface area contributed by atoms with Gasteiger partial charge in [-0.15, -0.1) is 0 Å². The zero-order valence-corrected chi connectivity index (χ0v) is 18.9. The third-order valence-electron chi connectivity index (χ3n) is 5.83. The van der Waals surface area contributed by atoms with Crippen LogP contribution in [0.3, 0.4) is 0 Å². The molecular formula is C24H25FN8O. The Hall–Kier alpha value is -3.84. The van der Waals surface area contributed by atoms with E-state index in [0.29, 0.717) is 38.1 Å². The van der Waals surface area contributed by atoms with Crippen LogP contribution in [-0.2, 0) is 4.74 Å². The predicted molar refractivity (Wildman–Crippen MR) is 127 cm³/mol. The maximum absolute atomic E-state index is 13.0. The number of aromatic nitrogens is 5. The summed E-state index contributed by atoms with van der Waals surface area (Å²) >= 11 is 0. The van der Waals surface area contributed by atoms with Crippen molar-refractivity contribution >= 4 is 17.7 Å². The minimum Gasteiger partial charge on any atom is -0.382 e. The third-order valence-corrected chi connectivity index (χ3v) is 5.83. The fourth-order valence-electron chi connectivity index (χ4n) is 4.03. The van der Waals surface area contributed by atoms with E-state index in [1.807, 2.05) is 23.1 Å². The summed E-state index contributed by atoms with van der Waals surface area (Å²) in [7, 11) is 1.69. The van der Waals surface area contributed by atoms with Gasteiger partial charge in [-0.05, 0) is 18.2 Å². The summed E-state index contributed by atoms with van der Waals surface area (Å²) in [4.78, 5) is 28.4. The summed E-state index contributed by atoms with van der Waals surface area (Å²) in [6.07, 6.45) is 7.91. The smallest absolute Gasteiger partial charge is 0.225 e. The summed E-state index contributed by atoms with van der Waals surface area (Å²) in [5, 5.41) is 0. The number of alkyl halides is 1. The van der Waals surface area contributed by atoms with Gasteiger partial charge in [0.25, 0.3) is 0 Å². The van der Waals surface area contributed by atoms with E-state index in [2.05, 4.69) is 46.6 Å². The van der Waals surface area contributed by atoms with E-state index in [1.165, 1.54) is 0 Å². The average molecular weight is 461 g/mol. The number of anilines is 3. The van der Waals surface area contributed by atoms with E-state index < -0.39 is 6.17 Å². The molecule has 34 heavy (non-hydrogen) atoms. The second kappa shape index (κ2) is 9.97. The highest BCUT2D eigenvalue weighted by molar-refractivity contribution is 5.48. The fourth-order valence-corrected chi connectivity index (χ4v) is 4.03. The van der Waals surface area contributed by atoms with Crippen molar-refractivity contribution in [3.8, 4) is 11.8 Å². The average Bonchev–Trinajstić information content (AvgIpc) is 2.87. The first-order chi connectivity index (χ1) is 16.7. The largest absolute Gasteiger partial charge is 0.382 e. The van der Waals surface area contributed by atoms with Gasteiger partial charge >= 0.3 is 0 Å². The molecule has 3 aromatic rings. The molecule has 174 valence electrons. The summed E-state index contributed by atoms with van der Waals surface area (Å²) in [5.74, 6) is 8.30. The molecular weight excluding hydrogens is 435 g/mol. The van der Waals surface area contributed by atoms with Gasteiger partial charge < -0.3 is 19.4 Å². The first-order valence-corrected chi connectivity index (χ1v) is 11.2. The zero-order valence-electron chi connectivity index (χ0n) is 18.9. The molecule has 1 atom stereocenters. The lowest BCUT2D eigenvalue weighted by Crippen LogP contribution is -2.56. The van der Waals surface area contributed by atoms with Crippen LogP contribution >= 0.6 is 0 Å². The number of piperazine rings is 1. The first-order valence-electron chi connectivity index (χ1n) is 11.2. The number of halogens is 1. The quantitative estimate of drug-likeness (QED) is 0.527. The number of hydrogen-bond donors (Lipinski definition) is 0. The highest BCUT2D eigenvalue weighted by Gasteiger charge is 2.30. The SMILES string of the molecule is COC[C@H]1CN(c2ncc(C#Cc3ccc(N4CC(F)C4)nc3)cn2)CCN1c1ncccn1. The van der Waals surface area contributed by atoms with Gasteiger partial charge in [-0.3, -0.25) is 0 Å². The Bertz CT molecular complexity index is 1140. The van der Waals surface area contributed by atoms with Crippen molar-refractivity contribution < 1.29 is 9.13 Å². The van der Waals surface area contributed by atoms with E-state index in [1.54, 1.807) is 38.1 Å². The minimum atomic E-state index is -0.753. The number of pyridine rings is 1. The molecule has 0 bridgehead atoms. The molecule has 2 fully saturated rings. The van der Waals surface area contributed by atoms with Gasteiger partial charge in [-0.2, -0.15) is 0 Å². The molecule has 10 heteroatoms. The highest BCUT2D eigenvalue weighted by Crippen LogP contribution is 2.21. The number of hydrogen-bond acceptors (Lipinski definition) is 9. The lowest BCUT2D eigenvalue weighted by molar-refractivity contribution is 0.173. The second-order valence-corrected chi connectivity index (χ2v) is 8.23. The van der Waals surface area contributed by atoms with Crippen molar-refractivity contribution in [3.63, 3.8) is 0 Å². The molecule has 3 aromatic heterocycles. The Morgan fingerprint density at radius 1 is 0.882 bits per heavy atom. The minimum absolute atomic E-state index is 0.0896. The predicted octanol–water partition coefficient (Wildman–Crippen LogP) is 1.56. The maximum Gasteiger partial charge on any atom is 0.225 e. The first kappa shape index (κ1) is 22.0. The van der Waals surface area contributed by atoms with Gasteiger partial charge in [0.05, 0.1) is 31.3 Å². The Balaban J connectivity index is 1.22. The van der Waals surface area contributed by atoms with Crippen molar-refractivity contribution in [2.45, 2.75) is 12.2 Å². The molecule has 0 radical (unpaired) electrons. The van der Waals surface area contributed by atoms with Crippen LogP contribution in [0.4, 0.5) is 22.1 Å². The van der Waals surface area contributed by atoms with E-state index in [9.17, 15) is 4.39 Å². The van der Waals surface area contributed by atoms with Crippen molar-refractivity contribution in [1.82, 2.24) is 24.9 Å².